The summed E-state index contributed by atoms with van der Waals surface area (Å²) in [7, 11) is 3.97. The molecule has 2 rings (SSSR count). The summed E-state index contributed by atoms with van der Waals surface area (Å²) in [5.74, 6) is 0. The molecular formula is C18H29N5O2. The molecular weight excluding hydrogens is 318 g/mol. The number of rotatable bonds is 10. The minimum atomic E-state index is -0.509. The van der Waals surface area contributed by atoms with Crippen molar-refractivity contribution in [3.8, 4) is 11.4 Å². The summed E-state index contributed by atoms with van der Waals surface area (Å²) in [6.45, 7) is 5.17. The van der Waals surface area contributed by atoms with Gasteiger partial charge in [-0.25, -0.2) is 4.68 Å². The normalized spacial score (nSPS) is 15.3. The first-order chi connectivity index (χ1) is 12.1. The van der Waals surface area contributed by atoms with Crippen LogP contribution < -0.4 is 0 Å². The Morgan fingerprint density at radius 1 is 1.20 bits per heavy atom. The molecule has 0 saturated carbocycles. The van der Waals surface area contributed by atoms with Gasteiger partial charge in [0.1, 0.15) is 5.69 Å². The molecule has 3 atom stereocenters. The van der Waals surface area contributed by atoms with E-state index in [9.17, 15) is 5.11 Å². The number of aliphatic hydroxyl groups excluding tert-OH is 1. The summed E-state index contributed by atoms with van der Waals surface area (Å²) in [5, 5.41) is 18.8. The van der Waals surface area contributed by atoms with Gasteiger partial charge in [-0.3, -0.25) is 4.98 Å². The molecule has 0 saturated heterocycles. The highest BCUT2D eigenvalue weighted by Crippen LogP contribution is 2.15. The molecule has 138 valence electrons. The second kappa shape index (κ2) is 9.60. The van der Waals surface area contributed by atoms with Gasteiger partial charge in [0.2, 0.25) is 0 Å². The smallest absolute Gasteiger partial charge is 0.131 e. The maximum absolute atomic E-state index is 10.6. The van der Waals surface area contributed by atoms with Crippen molar-refractivity contribution in [3.63, 3.8) is 0 Å². The number of hydrogen-bond donors (Lipinski definition) is 1. The lowest BCUT2D eigenvalue weighted by atomic mass is 10.0. The minimum Gasteiger partial charge on any atom is -0.389 e. The molecule has 1 N–H and O–H groups in total. The highest BCUT2D eigenvalue weighted by atomic mass is 16.5. The number of nitrogens with zero attached hydrogens (tertiary/aromatic N) is 5. The third kappa shape index (κ3) is 5.32. The molecule has 2 aromatic rings. The Kier molecular flexibility index (Phi) is 7.49. The van der Waals surface area contributed by atoms with Crippen LogP contribution in [0, 0.1) is 0 Å². The Labute approximate surface area is 149 Å². The van der Waals surface area contributed by atoms with Crippen LogP contribution in [-0.4, -0.2) is 68.9 Å². The van der Waals surface area contributed by atoms with Crippen LogP contribution in [0.2, 0.25) is 0 Å². The average molecular weight is 347 g/mol. The summed E-state index contributed by atoms with van der Waals surface area (Å²) >= 11 is 0. The molecule has 0 amide bonds. The molecule has 0 spiro atoms. The zero-order valence-corrected chi connectivity index (χ0v) is 15.5. The Morgan fingerprint density at radius 2 is 2.00 bits per heavy atom. The van der Waals surface area contributed by atoms with Crippen LogP contribution in [0.1, 0.15) is 26.7 Å². The van der Waals surface area contributed by atoms with Gasteiger partial charge in [-0.15, -0.1) is 5.10 Å². The number of aliphatic hydroxyl groups is 1. The van der Waals surface area contributed by atoms with Crippen molar-refractivity contribution < 1.29 is 9.84 Å². The fraction of sp³-hybridized carbons (Fsp3) is 0.611. The van der Waals surface area contributed by atoms with Crippen molar-refractivity contribution in [2.75, 3.05) is 20.7 Å². The van der Waals surface area contributed by atoms with Crippen molar-refractivity contribution >= 4 is 0 Å². The molecule has 2 heterocycles. The van der Waals surface area contributed by atoms with E-state index in [4.69, 9.17) is 4.74 Å². The van der Waals surface area contributed by atoms with Crippen molar-refractivity contribution in [1.82, 2.24) is 24.9 Å². The van der Waals surface area contributed by atoms with E-state index in [1.54, 1.807) is 10.9 Å². The van der Waals surface area contributed by atoms with Gasteiger partial charge >= 0.3 is 0 Å². The van der Waals surface area contributed by atoms with Crippen LogP contribution in [0.5, 0.6) is 0 Å². The molecule has 0 aromatic carbocycles. The third-order valence-corrected chi connectivity index (χ3v) is 4.38. The van der Waals surface area contributed by atoms with Crippen LogP contribution in [0.4, 0.5) is 0 Å². The Morgan fingerprint density at radius 3 is 2.60 bits per heavy atom. The third-order valence-electron chi connectivity index (χ3n) is 4.38. The van der Waals surface area contributed by atoms with Gasteiger partial charge in [0.15, 0.2) is 0 Å². The molecule has 0 aliphatic rings. The monoisotopic (exact) mass is 347 g/mol. The van der Waals surface area contributed by atoms with Gasteiger partial charge in [0, 0.05) is 12.2 Å². The van der Waals surface area contributed by atoms with E-state index in [1.807, 2.05) is 50.3 Å². The van der Waals surface area contributed by atoms with E-state index in [1.165, 1.54) is 0 Å². The fourth-order valence-electron chi connectivity index (χ4n) is 2.95. The molecule has 0 fully saturated rings. The average Bonchev–Trinajstić information content (AvgIpc) is 3.08. The van der Waals surface area contributed by atoms with Gasteiger partial charge < -0.3 is 14.7 Å². The second-order valence-electron chi connectivity index (χ2n) is 6.33. The first-order valence-corrected chi connectivity index (χ1v) is 8.84. The predicted octanol–water partition coefficient (Wildman–Crippen LogP) is 1.84. The molecule has 7 heteroatoms. The number of pyridine rings is 1. The summed E-state index contributed by atoms with van der Waals surface area (Å²) in [5.41, 5.74) is 1.54. The summed E-state index contributed by atoms with van der Waals surface area (Å²) < 4.78 is 7.67. The van der Waals surface area contributed by atoms with Crippen molar-refractivity contribution in [2.24, 2.45) is 0 Å². The predicted molar refractivity (Wildman–Crippen MR) is 97.1 cm³/mol. The largest absolute Gasteiger partial charge is 0.389 e. The summed E-state index contributed by atoms with van der Waals surface area (Å²) in [4.78, 5) is 6.32. The summed E-state index contributed by atoms with van der Waals surface area (Å²) in [6.07, 6.45) is 4.54. The van der Waals surface area contributed by atoms with Crippen LogP contribution in [-0.2, 0) is 11.3 Å². The molecule has 0 aliphatic carbocycles. The Balaban J connectivity index is 1.88. The Bertz CT molecular complexity index is 617. The van der Waals surface area contributed by atoms with E-state index < -0.39 is 6.10 Å². The molecule has 0 radical (unpaired) electrons. The highest BCUT2D eigenvalue weighted by Gasteiger charge is 2.27. The standard InChI is InChI=1S/C18H29N5O2/c1-5-16(22(3)4)18(24)17(6-2)25-12-11-23-13-15(20-21-23)14-9-7-8-10-19-14/h7-10,13,16-18,24H,5-6,11-12H2,1-4H3/t16?,17-,18?/m0/s1. The summed E-state index contributed by atoms with van der Waals surface area (Å²) in [6, 6.07) is 5.79. The van der Waals surface area contributed by atoms with E-state index in [-0.39, 0.29) is 12.1 Å². The maximum atomic E-state index is 10.6. The van der Waals surface area contributed by atoms with Gasteiger partial charge in [-0.1, -0.05) is 25.1 Å². The van der Waals surface area contributed by atoms with Crippen molar-refractivity contribution in [2.45, 2.75) is 51.5 Å². The minimum absolute atomic E-state index is 0.0899. The zero-order valence-electron chi connectivity index (χ0n) is 15.5. The lowest BCUT2D eigenvalue weighted by Crippen LogP contribution is -2.46. The number of likely N-dealkylation sites (N-methyl/N-ethyl adjacent to an activating group) is 1. The highest BCUT2D eigenvalue weighted by molar-refractivity contribution is 5.51. The van der Waals surface area contributed by atoms with Crippen molar-refractivity contribution in [1.29, 1.82) is 0 Å². The van der Waals surface area contributed by atoms with Crippen LogP contribution in [0.25, 0.3) is 11.4 Å². The van der Waals surface area contributed by atoms with Crippen LogP contribution in [0.15, 0.2) is 30.6 Å². The molecule has 0 aliphatic heterocycles. The molecule has 7 nitrogen and oxygen atoms in total. The van der Waals surface area contributed by atoms with Gasteiger partial charge in [0.25, 0.3) is 0 Å². The van der Waals surface area contributed by atoms with Gasteiger partial charge in [0.05, 0.1) is 37.3 Å². The zero-order chi connectivity index (χ0) is 18.2. The van der Waals surface area contributed by atoms with Crippen LogP contribution in [0.3, 0.4) is 0 Å². The Hall–Kier alpha value is -1.83. The topological polar surface area (TPSA) is 76.3 Å². The van der Waals surface area contributed by atoms with E-state index >= 15 is 0 Å². The quantitative estimate of drug-likeness (QED) is 0.707. The van der Waals surface area contributed by atoms with E-state index in [0.29, 0.717) is 13.2 Å². The van der Waals surface area contributed by atoms with Gasteiger partial charge in [-0.2, -0.15) is 0 Å². The van der Waals surface area contributed by atoms with Crippen molar-refractivity contribution in [3.05, 3.63) is 30.6 Å². The maximum Gasteiger partial charge on any atom is 0.131 e. The van der Waals surface area contributed by atoms with Crippen LogP contribution >= 0.6 is 0 Å². The lowest BCUT2D eigenvalue weighted by Gasteiger charge is -2.33. The number of hydrogen-bond acceptors (Lipinski definition) is 6. The molecule has 2 unspecified atom stereocenters. The number of ether oxygens (including phenoxy) is 1. The van der Waals surface area contributed by atoms with E-state index in [0.717, 1.165) is 24.2 Å². The molecule has 2 aromatic heterocycles. The molecule has 0 bridgehead atoms. The second-order valence-corrected chi connectivity index (χ2v) is 6.33. The first-order valence-electron chi connectivity index (χ1n) is 8.84. The molecule has 25 heavy (non-hydrogen) atoms. The lowest BCUT2D eigenvalue weighted by molar-refractivity contribution is -0.0719. The fourth-order valence-corrected chi connectivity index (χ4v) is 2.95. The van der Waals surface area contributed by atoms with E-state index in [2.05, 4.69) is 22.2 Å². The number of aromatic nitrogens is 4. The van der Waals surface area contributed by atoms with Gasteiger partial charge in [-0.05, 0) is 39.1 Å². The SMILES string of the molecule is CCC(C(O)[C@H](CC)OCCn1cc(-c2ccccn2)nn1)N(C)C. The first kappa shape index (κ1) is 19.5.